The van der Waals surface area contributed by atoms with E-state index in [1.54, 1.807) is 6.33 Å². The van der Waals surface area contributed by atoms with Crippen LogP contribution in [-0.4, -0.2) is 23.6 Å². The fourth-order valence-electron chi connectivity index (χ4n) is 2.51. The molecule has 3 aromatic rings. The van der Waals surface area contributed by atoms with Crippen LogP contribution in [0.15, 0.2) is 55.0 Å². The number of rotatable bonds is 1. The third-order valence-corrected chi connectivity index (χ3v) is 3.86. The van der Waals surface area contributed by atoms with Gasteiger partial charge in [0.05, 0.1) is 11.2 Å². The van der Waals surface area contributed by atoms with Gasteiger partial charge in [0.25, 0.3) is 0 Å². The van der Waals surface area contributed by atoms with Gasteiger partial charge in [-0.3, -0.25) is 0 Å². The molecule has 0 fully saturated rings. The summed E-state index contributed by atoms with van der Waals surface area (Å²) >= 11 is 5.89. The van der Waals surface area contributed by atoms with Crippen LogP contribution >= 0.6 is 11.6 Å². The molecule has 0 spiro atoms. The monoisotopic (exact) mass is 312 g/mol. The standard InChI is InChI=1S/C9H11ClN2.C8H6N2/c1-11-12-5-4-7-2-3-8(10)6-9(7)12;1-2-4-8-7(3-1)5-9-6-10-8/h2-3,6,11H,4-5H2,1H3;1-6H. The Labute approximate surface area is 134 Å². The van der Waals surface area contributed by atoms with Crippen molar-refractivity contribution in [3.05, 3.63) is 65.6 Å². The van der Waals surface area contributed by atoms with Gasteiger partial charge in [-0.25, -0.2) is 15.4 Å². The predicted molar refractivity (Wildman–Crippen MR) is 91.1 cm³/mol. The van der Waals surface area contributed by atoms with Crippen LogP contribution in [0.25, 0.3) is 10.9 Å². The Morgan fingerprint density at radius 1 is 1.18 bits per heavy atom. The smallest absolute Gasteiger partial charge is 0.116 e. The topological polar surface area (TPSA) is 41.0 Å². The van der Waals surface area contributed by atoms with E-state index in [9.17, 15) is 0 Å². The van der Waals surface area contributed by atoms with Crippen molar-refractivity contribution in [1.82, 2.24) is 15.4 Å². The number of fused-ring (bicyclic) bond motifs is 2. The molecule has 0 bridgehead atoms. The Hall–Kier alpha value is -2.17. The Kier molecular flexibility index (Phi) is 4.51. The zero-order chi connectivity index (χ0) is 15.4. The third-order valence-electron chi connectivity index (χ3n) is 3.63. The van der Waals surface area contributed by atoms with E-state index in [1.807, 2.05) is 49.6 Å². The van der Waals surface area contributed by atoms with E-state index in [-0.39, 0.29) is 0 Å². The molecule has 2 heterocycles. The summed E-state index contributed by atoms with van der Waals surface area (Å²) in [6.45, 7) is 1.03. The molecular formula is C17H17ClN4. The quantitative estimate of drug-likeness (QED) is 0.747. The summed E-state index contributed by atoms with van der Waals surface area (Å²) < 4.78 is 0. The lowest BCUT2D eigenvalue weighted by Gasteiger charge is -2.17. The van der Waals surface area contributed by atoms with Crippen molar-refractivity contribution < 1.29 is 0 Å². The number of hydrogen-bond donors (Lipinski definition) is 1. The van der Waals surface area contributed by atoms with Crippen molar-refractivity contribution in [3.63, 3.8) is 0 Å². The normalized spacial score (nSPS) is 12.7. The zero-order valence-electron chi connectivity index (χ0n) is 12.3. The highest BCUT2D eigenvalue weighted by Crippen LogP contribution is 2.28. The SMILES string of the molecule is CNN1CCc2ccc(Cl)cc21.c1ccc2ncncc2c1. The molecule has 22 heavy (non-hydrogen) atoms. The lowest BCUT2D eigenvalue weighted by molar-refractivity contribution is 0.734. The molecular weight excluding hydrogens is 296 g/mol. The fourth-order valence-corrected chi connectivity index (χ4v) is 2.67. The first-order chi connectivity index (χ1) is 10.8. The van der Waals surface area contributed by atoms with Gasteiger partial charge >= 0.3 is 0 Å². The Morgan fingerprint density at radius 2 is 2.05 bits per heavy atom. The van der Waals surface area contributed by atoms with Crippen molar-refractivity contribution in [3.8, 4) is 0 Å². The van der Waals surface area contributed by atoms with E-state index in [1.165, 1.54) is 11.3 Å². The molecule has 1 aliphatic rings. The summed E-state index contributed by atoms with van der Waals surface area (Å²) in [5.74, 6) is 0. The molecule has 0 radical (unpaired) electrons. The molecule has 112 valence electrons. The minimum absolute atomic E-state index is 0.802. The second-order valence-corrected chi connectivity index (χ2v) is 5.42. The molecule has 0 amide bonds. The van der Waals surface area contributed by atoms with Crippen molar-refractivity contribution in [2.45, 2.75) is 6.42 Å². The number of hydrogen-bond acceptors (Lipinski definition) is 4. The van der Waals surface area contributed by atoms with Gasteiger partial charge in [-0.2, -0.15) is 0 Å². The van der Waals surface area contributed by atoms with Crippen LogP contribution in [0.2, 0.25) is 5.02 Å². The highest BCUT2D eigenvalue weighted by atomic mass is 35.5. The maximum atomic E-state index is 5.89. The van der Waals surface area contributed by atoms with Crippen molar-refractivity contribution in [1.29, 1.82) is 0 Å². The van der Waals surface area contributed by atoms with Crippen LogP contribution in [0.3, 0.4) is 0 Å². The number of halogens is 1. The maximum Gasteiger partial charge on any atom is 0.116 e. The van der Waals surface area contributed by atoms with Crippen LogP contribution < -0.4 is 10.4 Å². The molecule has 0 atom stereocenters. The summed E-state index contributed by atoms with van der Waals surface area (Å²) in [6, 6.07) is 13.9. The number of anilines is 1. The van der Waals surface area contributed by atoms with Crippen molar-refractivity contribution in [2.24, 2.45) is 0 Å². The van der Waals surface area contributed by atoms with Gasteiger partial charge in [-0.1, -0.05) is 35.9 Å². The first-order valence-electron chi connectivity index (χ1n) is 7.16. The summed E-state index contributed by atoms with van der Waals surface area (Å²) in [4.78, 5) is 7.97. The Morgan fingerprint density at radius 3 is 2.86 bits per heavy atom. The molecule has 4 nitrogen and oxygen atoms in total. The van der Waals surface area contributed by atoms with Crippen LogP contribution in [0.4, 0.5) is 5.69 Å². The first-order valence-corrected chi connectivity index (χ1v) is 7.54. The summed E-state index contributed by atoms with van der Waals surface area (Å²) in [6.07, 6.45) is 4.47. The van der Waals surface area contributed by atoms with Gasteiger partial charge < -0.3 is 5.01 Å². The minimum Gasteiger partial charge on any atom is -0.308 e. The molecule has 5 heteroatoms. The minimum atomic E-state index is 0.802. The average molecular weight is 313 g/mol. The third kappa shape index (κ3) is 3.18. The van der Waals surface area contributed by atoms with Gasteiger partial charge in [0.2, 0.25) is 0 Å². The van der Waals surface area contributed by atoms with Gasteiger partial charge in [0.15, 0.2) is 0 Å². The Bertz CT molecular complexity index is 710. The molecule has 1 N–H and O–H groups in total. The molecule has 2 aromatic carbocycles. The largest absolute Gasteiger partial charge is 0.308 e. The number of benzene rings is 2. The van der Waals surface area contributed by atoms with Gasteiger partial charge in [-0.15, -0.1) is 0 Å². The van der Waals surface area contributed by atoms with Crippen LogP contribution in [-0.2, 0) is 6.42 Å². The molecule has 0 saturated heterocycles. The maximum absolute atomic E-state index is 5.89. The highest BCUT2D eigenvalue weighted by Gasteiger charge is 2.17. The number of hydrazine groups is 1. The van der Waals surface area contributed by atoms with Crippen molar-refractivity contribution >= 4 is 28.2 Å². The van der Waals surface area contributed by atoms with Crippen molar-refractivity contribution in [2.75, 3.05) is 18.6 Å². The van der Waals surface area contributed by atoms with Crippen LogP contribution in [0.5, 0.6) is 0 Å². The zero-order valence-corrected chi connectivity index (χ0v) is 13.1. The molecule has 1 aliphatic heterocycles. The van der Waals surface area contributed by atoms with E-state index in [2.05, 4.69) is 26.5 Å². The second kappa shape index (κ2) is 6.73. The molecule has 0 aliphatic carbocycles. The summed E-state index contributed by atoms with van der Waals surface area (Å²) in [5, 5.41) is 4.00. The second-order valence-electron chi connectivity index (χ2n) is 4.98. The predicted octanol–water partition coefficient (Wildman–Crippen LogP) is 3.47. The lowest BCUT2D eigenvalue weighted by atomic mass is 10.2. The lowest BCUT2D eigenvalue weighted by Crippen LogP contribution is -2.32. The molecule has 4 rings (SSSR count). The highest BCUT2D eigenvalue weighted by molar-refractivity contribution is 6.30. The fraction of sp³-hybridized carbons (Fsp3) is 0.176. The van der Waals surface area contributed by atoms with E-state index in [0.717, 1.165) is 28.9 Å². The van der Waals surface area contributed by atoms with Gasteiger partial charge in [0.1, 0.15) is 6.33 Å². The molecule has 1 aromatic heterocycles. The molecule has 0 saturated carbocycles. The van der Waals surface area contributed by atoms with Gasteiger partial charge in [0, 0.05) is 30.2 Å². The van der Waals surface area contributed by atoms with Crippen LogP contribution in [0.1, 0.15) is 5.56 Å². The summed E-state index contributed by atoms with van der Waals surface area (Å²) in [7, 11) is 1.93. The van der Waals surface area contributed by atoms with E-state index in [0.29, 0.717) is 0 Å². The number of para-hydroxylation sites is 1. The van der Waals surface area contributed by atoms with Crippen LogP contribution in [0, 0.1) is 0 Å². The summed E-state index contributed by atoms with van der Waals surface area (Å²) in [5.41, 5.74) is 6.70. The van der Waals surface area contributed by atoms with Gasteiger partial charge in [-0.05, 0) is 30.2 Å². The number of aromatic nitrogens is 2. The van der Waals surface area contributed by atoms with E-state index < -0.39 is 0 Å². The van der Waals surface area contributed by atoms with E-state index in [4.69, 9.17) is 11.6 Å². The average Bonchev–Trinajstić information content (AvgIpc) is 2.98. The first kappa shape index (κ1) is 14.8. The Balaban J connectivity index is 0.000000133. The number of nitrogens with zero attached hydrogens (tertiary/aromatic N) is 3. The van der Waals surface area contributed by atoms with E-state index >= 15 is 0 Å². The molecule has 0 unspecified atom stereocenters. The number of nitrogens with one attached hydrogen (secondary N) is 1.